The first-order valence-corrected chi connectivity index (χ1v) is 6.89. The molecule has 1 N–H and O–H groups in total. The van der Waals surface area contributed by atoms with E-state index in [1.165, 1.54) is 6.20 Å². The van der Waals surface area contributed by atoms with Gasteiger partial charge in [0.05, 0.1) is 37.4 Å². The van der Waals surface area contributed by atoms with Crippen LogP contribution < -0.4 is 14.8 Å². The topological polar surface area (TPSA) is 80.1 Å². The SMILES string of the molecule is COc1ccc2c(Nc3cccnc3)c(C#N)cnc2c1OC. The first-order chi connectivity index (χ1) is 11.3. The Morgan fingerprint density at radius 2 is 2.00 bits per heavy atom. The number of nitrogens with zero attached hydrogens (tertiary/aromatic N) is 3. The van der Waals surface area contributed by atoms with Gasteiger partial charge in [0.1, 0.15) is 11.6 Å². The van der Waals surface area contributed by atoms with Crippen molar-refractivity contribution in [3.8, 4) is 17.6 Å². The second-order valence-electron chi connectivity index (χ2n) is 4.72. The molecule has 0 fully saturated rings. The fraction of sp³-hybridized carbons (Fsp3) is 0.118. The van der Waals surface area contributed by atoms with E-state index in [0.717, 1.165) is 11.1 Å². The maximum absolute atomic E-state index is 9.38. The summed E-state index contributed by atoms with van der Waals surface area (Å²) in [5, 5.41) is 13.4. The summed E-state index contributed by atoms with van der Waals surface area (Å²) in [4.78, 5) is 8.42. The lowest BCUT2D eigenvalue weighted by Gasteiger charge is -2.14. The van der Waals surface area contributed by atoms with Gasteiger partial charge >= 0.3 is 0 Å². The molecule has 0 aliphatic carbocycles. The van der Waals surface area contributed by atoms with Gasteiger partial charge < -0.3 is 14.8 Å². The predicted molar refractivity (Wildman–Crippen MR) is 87.1 cm³/mol. The van der Waals surface area contributed by atoms with Crippen molar-refractivity contribution in [3.05, 3.63) is 48.4 Å². The van der Waals surface area contributed by atoms with E-state index in [4.69, 9.17) is 9.47 Å². The van der Waals surface area contributed by atoms with Crippen molar-refractivity contribution in [3.63, 3.8) is 0 Å². The smallest absolute Gasteiger partial charge is 0.187 e. The van der Waals surface area contributed by atoms with Crippen LogP contribution >= 0.6 is 0 Å². The number of rotatable bonds is 4. The number of nitrogens with one attached hydrogen (secondary N) is 1. The Hall–Kier alpha value is -3.33. The van der Waals surface area contributed by atoms with E-state index in [9.17, 15) is 5.26 Å². The van der Waals surface area contributed by atoms with E-state index < -0.39 is 0 Å². The highest BCUT2D eigenvalue weighted by Crippen LogP contribution is 2.38. The molecule has 0 unspecified atom stereocenters. The highest BCUT2D eigenvalue weighted by atomic mass is 16.5. The minimum atomic E-state index is 0.438. The molecule has 0 radical (unpaired) electrons. The lowest BCUT2D eigenvalue weighted by atomic mass is 10.1. The molecule has 6 heteroatoms. The molecule has 3 aromatic rings. The van der Waals surface area contributed by atoms with Crippen molar-refractivity contribution in [2.75, 3.05) is 19.5 Å². The summed E-state index contributed by atoms with van der Waals surface area (Å²) in [6.07, 6.45) is 4.89. The van der Waals surface area contributed by atoms with Crippen LogP contribution in [0.15, 0.2) is 42.9 Å². The van der Waals surface area contributed by atoms with Crippen molar-refractivity contribution in [1.82, 2.24) is 9.97 Å². The van der Waals surface area contributed by atoms with Crippen LogP contribution in [0.4, 0.5) is 11.4 Å². The maximum Gasteiger partial charge on any atom is 0.187 e. The first-order valence-electron chi connectivity index (χ1n) is 6.89. The lowest BCUT2D eigenvalue weighted by Crippen LogP contribution is -1.99. The van der Waals surface area contributed by atoms with Crippen molar-refractivity contribution in [1.29, 1.82) is 5.26 Å². The van der Waals surface area contributed by atoms with Gasteiger partial charge in [-0.25, -0.2) is 0 Å². The minimum Gasteiger partial charge on any atom is -0.493 e. The van der Waals surface area contributed by atoms with Gasteiger partial charge in [-0.3, -0.25) is 9.97 Å². The highest BCUT2D eigenvalue weighted by Gasteiger charge is 2.16. The number of hydrogen-bond acceptors (Lipinski definition) is 6. The largest absolute Gasteiger partial charge is 0.493 e. The Kier molecular flexibility index (Phi) is 3.93. The molecule has 0 atom stereocenters. The third-order valence-electron chi connectivity index (χ3n) is 3.43. The van der Waals surface area contributed by atoms with Gasteiger partial charge in [0.25, 0.3) is 0 Å². The summed E-state index contributed by atoms with van der Waals surface area (Å²) in [7, 11) is 3.13. The summed E-state index contributed by atoms with van der Waals surface area (Å²) in [5.41, 5.74) is 2.50. The third-order valence-corrected chi connectivity index (χ3v) is 3.43. The Balaban J connectivity index is 2.24. The van der Waals surface area contributed by atoms with E-state index in [0.29, 0.717) is 28.3 Å². The van der Waals surface area contributed by atoms with E-state index in [2.05, 4.69) is 21.4 Å². The van der Waals surface area contributed by atoms with Crippen LogP contribution in [-0.4, -0.2) is 24.2 Å². The van der Waals surface area contributed by atoms with Gasteiger partial charge in [0.2, 0.25) is 0 Å². The summed E-state index contributed by atoms with van der Waals surface area (Å²) in [6, 6.07) is 9.49. The molecule has 3 rings (SSSR count). The number of fused-ring (bicyclic) bond motifs is 1. The second-order valence-corrected chi connectivity index (χ2v) is 4.72. The van der Waals surface area contributed by atoms with Gasteiger partial charge in [-0.1, -0.05) is 0 Å². The number of hydrogen-bond donors (Lipinski definition) is 1. The highest BCUT2D eigenvalue weighted by molar-refractivity contribution is 5.99. The van der Waals surface area contributed by atoms with Gasteiger partial charge in [0.15, 0.2) is 11.5 Å². The molecule has 0 saturated carbocycles. The number of anilines is 2. The molecule has 0 saturated heterocycles. The van der Waals surface area contributed by atoms with Crippen LogP contribution in [0.2, 0.25) is 0 Å². The zero-order valence-corrected chi connectivity index (χ0v) is 12.7. The molecule has 114 valence electrons. The number of nitriles is 1. The Morgan fingerprint density at radius 1 is 1.13 bits per heavy atom. The molecule has 0 amide bonds. The van der Waals surface area contributed by atoms with Crippen LogP contribution in [0.25, 0.3) is 10.9 Å². The number of pyridine rings is 2. The molecule has 6 nitrogen and oxygen atoms in total. The van der Waals surface area contributed by atoms with E-state index in [-0.39, 0.29) is 0 Å². The Morgan fingerprint density at radius 3 is 2.65 bits per heavy atom. The van der Waals surface area contributed by atoms with Gasteiger partial charge in [-0.15, -0.1) is 0 Å². The van der Waals surface area contributed by atoms with Crippen molar-refractivity contribution < 1.29 is 9.47 Å². The maximum atomic E-state index is 9.38. The molecule has 23 heavy (non-hydrogen) atoms. The van der Waals surface area contributed by atoms with E-state index >= 15 is 0 Å². The molecule has 0 bridgehead atoms. The van der Waals surface area contributed by atoms with Gasteiger partial charge in [0, 0.05) is 17.8 Å². The van der Waals surface area contributed by atoms with Gasteiger partial charge in [-0.05, 0) is 24.3 Å². The van der Waals surface area contributed by atoms with Crippen LogP contribution in [0, 0.1) is 11.3 Å². The molecular formula is C17H14N4O2. The first kappa shape index (κ1) is 14.6. The normalized spacial score (nSPS) is 10.1. The molecule has 0 spiro atoms. The zero-order valence-electron chi connectivity index (χ0n) is 12.7. The van der Waals surface area contributed by atoms with Crippen molar-refractivity contribution in [2.24, 2.45) is 0 Å². The number of ether oxygens (including phenoxy) is 2. The monoisotopic (exact) mass is 306 g/mol. The standard InChI is InChI=1S/C17H14N4O2/c1-22-14-6-5-13-15(21-12-4-3-7-19-10-12)11(8-18)9-20-16(13)17(14)23-2/h3-7,9-10H,1-2H3,(H,20,21). The quantitative estimate of drug-likeness (QED) is 0.797. The predicted octanol–water partition coefficient (Wildman–Crippen LogP) is 3.26. The summed E-state index contributed by atoms with van der Waals surface area (Å²) >= 11 is 0. The van der Waals surface area contributed by atoms with Crippen LogP contribution in [0.3, 0.4) is 0 Å². The van der Waals surface area contributed by atoms with Gasteiger partial charge in [-0.2, -0.15) is 5.26 Å². The van der Waals surface area contributed by atoms with Crippen molar-refractivity contribution >= 4 is 22.3 Å². The second kappa shape index (κ2) is 6.20. The molecule has 2 heterocycles. The number of benzene rings is 1. The van der Waals surface area contributed by atoms with E-state index in [1.807, 2.05) is 18.2 Å². The fourth-order valence-corrected chi connectivity index (χ4v) is 2.38. The van der Waals surface area contributed by atoms with Crippen LogP contribution in [0.1, 0.15) is 5.56 Å². The Labute approximate surface area is 133 Å². The van der Waals surface area contributed by atoms with Crippen LogP contribution in [-0.2, 0) is 0 Å². The Bertz CT molecular complexity index is 888. The third kappa shape index (κ3) is 2.60. The molecule has 0 aliphatic heterocycles. The van der Waals surface area contributed by atoms with Crippen LogP contribution in [0.5, 0.6) is 11.5 Å². The average molecular weight is 306 g/mol. The zero-order chi connectivity index (χ0) is 16.2. The average Bonchev–Trinajstić information content (AvgIpc) is 2.61. The fourth-order valence-electron chi connectivity index (χ4n) is 2.38. The molecule has 2 aromatic heterocycles. The summed E-state index contributed by atoms with van der Waals surface area (Å²) in [5.74, 6) is 1.12. The number of methoxy groups -OCH3 is 2. The summed E-state index contributed by atoms with van der Waals surface area (Å²) < 4.78 is 10.7. The summed E-state index contributed by atoms with van der Waals surface area (Å²) in [6.45, 7) is 0. The lowest BCUT2D eigenvalue weighted by molar-refractivity contribution is 0.358. The molecule has 0 aliphatic rings. The molecule has 1 aromatic carbocycles. The molecular weight excluding hydrogens is 292 g/mol. The van der Waals surface area contributed by atoms with Crippen molar-refractivity contribution in [2.45, 2.75) is 0 Å². The minimum absolute atomic E-state index is 0.438. The van der Waals surface area contributed by atoms with E-state index in [1.54, 1.807) is 32.7 Å². The number of aromatic nitrogens is 2.